The van der Waals surface area contributed by atoms with Crippen LogP contribution in [0, 0.1) is 5.92 Å². The van der Waals surface area contributed by atoms with Crippen molar-refractivity contribution in [2.75, 3.05) is 35.7 Å². The maximum Gasteiger partial charge on any atom is 0.227 e. The molecule has 3 heterocycles. The van der Waals surface area contributed by atoms with Crippen molar-refractivity contribution in [2.45, 2.75) is 50.0 Å². The molecular formula is C26H32N4OS. The maximum atomic E-state index is 9.80. The molecule has 1 unspecified atom stereocenters. The van der Waals surface area contributed by atoms with Gasteiger partial charge in [-0.3, -0.25) is 0 Å². The Morgan fingerprint density at radius 3 is 2.62 bits per heavy atom. The third kappa shape index (κ3) is 4.30. The standard InChI is InChI=1S/C26H32N4OS/c1-17(2)23(16-31)27-25-24-22(11-14-32-24)28-26(29-25)30-12-9-19(10-13-30)21-8-7-18-5-3-4-6-20(18)15-21/h3-8,15,17,19,23,31H,9-14,16H2,1-2H3,(H,27,28,29). The van der Waals surface area contributed by atoms with Crippen LogP contribution < -0.4 is 10.2 Å². The van der Waals surface area contributed by atoms with Crippen molar-refractivity contribution in [3.05, 3.63) is 53.7 Å². The molecule has 0 bridgehead atoms. The Bertz CT molecular complexity index is 1090. The van der Waals surface area contributed by atoms with Gasteiger partial charge in [0, 0.05) is 25.3 Å². The molecule has 2 aromatic carbocycles. The Morgan fingerprint density at radius 2 is 1.88 bits per heavy atom. The number of nitrogens with one attached hydrogen (secondary N) is 1. The van der Waals surface area contributed by atoms with Gasteiger partial charge in [-0.1, -0.05) is 56.3 Å². The number of fused-ring (bicyclic) bond motifs is 2. The molecule has 0 spiro atoms. The molecule has 0 radical (unpaired) electrons. The van der Waals surface area contributed by atoms with Gasteiger partial charge in [-0.25, -0.2) is 4.98 Å². The molecule has 0 amide bonds. The minimum Gasteiger partial charge on any atom is -0.394 e. The van der Waals surface area contributed by atoms with Crippen LogP contribution in [-0.4, -0.2) is 46.6 Å². The molecule has 5 rings (SSSR count). The van der Waals surface area contributed by atoms with Crippen LogP contribution in [-0.2, 0) is 6.42 Å². The van der Waals surface area contributed by atoms with Crippen LogP contribution in [0.3, 0.4) is 0 Å². The fraction of sp³-hybridized carbons (Fsp3) is 0.462. The van der Waals surface area contributed by atoms with E-state index in [-0.39, 0.29) is 12.6 Å². The first-order valence-electron chi connectivity index (χ1n) is 11.8. The van der Waals surface area contributed by atoms with Crippen molar-refractivity contribution in [3.8, 4) is 0 Å². The minimum atomic E-state index is 0.00156. The summed E-state index contributed by atoms with van der Waals surface area (Å²) in [6, 6.07) is 15.5. The average Bonchev–Trinajstić information content (AvgIpc) is 3.31. The number of rotatable bonds is 6. The van der Waals surface area contributed by atoms with E-state index in [1.165, 1.54) is 21.2 Å². The molecular weight excluding hydrogens is 416 g/mol. The van der Waals surface area contributed by atoms with E-state index in [4.69, 9.17) is 9.97 Å². The highest BCUT2D eigenvalue weighted by molar-refractivity contribution is 7.99. The van der Waals surface area contributed by atoms with Gasteiger partial charge in [-0.05, 0) is 41.0 Å². The van der Waals surface area contributed by atoms with E-state index < -0.39 is 0 Å². The topological polar surface area (TPSA) is 61.3 Å². The first-order valence-corrected chi connectivity index (χ1v) is 12.8. The zero-order valence-corrected chi connectivity index (χ0v) is 19.7. The van der Waals surface area contributed by atoms with Gasteiger partial charge in [0.1, 0.15) is 5.82 Å². The van der Waals surface area contributed by atoms with E-state index in [1.54, 1.807) is 0 Å². The summed E-state index contributed by atoms with van der Waals surface area (Å²) < 4.78 is 0. The van der Waals surface area contributed by atoms with Gasteiger partial charge in [0.05, 0.1) is 23.2 Å². The summed E-state index contributed by atoms with van der Waals surface area (Å²) in [5, 5.41) is 15.9. The first-order chi connectivity index (χ1) is 15.6. The van der Waals surface area contributed by atoms with Crippen molar-refractivity contribution in [1.82, 2.24) is 9.97 Å². The fourth-order valence-electron chi connectivity index (χ4n) is 4.77. The van der Waals surface area contributed by atoms with Gasteiger partial charge in [-0.2, -0.15) is 4.98 Å². The summed E-state index contributed by atoms with van der Waals surface area (Å²) in [5.41, 5.74) is 2.60. The van der Waals surface area contributed by atoms with E-state index >= 15 is 0 Å². The van der Waals surface area contributed by atoms with Crippen molar-refractivity contribution in [3.63, 3.8) is 0 Å². The Hall–Kier alpha value is -2.31. The molecule has 32 heavy (non-hydrogen) atoms. The van der Waals surface area contributed by atoms with Gasteiger partial charge in [0.2, 0.25) is 5.95 Å². The smallest absolute Gasteiger partial charge is 0.227 e. The second-order valence-corrected chi connectivity index (χ2v) is 10.4. The van der Waals surface area contributed by atoms with Gasteiger partial charge in [0.25, 0.3) is 0 Å². The van der Waals surface area contributed by atoms with E-state index in [0.717, 1.165) is 55.6 Å². The lowest BCUT2D eigenvalue weighted by Crippen LogP contribution is -2.35. The molecule has 1 atom stereocenters. The molecule has 0 aliphatic carbocycles. The maximum absolute atomic E-state index is 9.80. The number of aryl methyl sites for hydroxylation is 1. The predicted molar refractivity (Wildman–Crippen MR) is 134 cm³/mol. The molecule has 168 valence electrons. The van der Waals surface area contributed by atoms with Gasteiger partial charge >= 0.3 is 0 Å². The summed E-state index contributed by atoms with van der Waals surface area (Å²) in [7, 11) is 0. The van der Waals surface area contributed by atoms with Crippen LogP contribution in [0.25, 0.3) is 10.8 Å². The summed E-state index contributed by atoms with van der Waals surface area (Å²) in [4.78, 5) is 13.4. The van der Waals surface area contributed by atoms with Crippen molar-refractivity contribution < 1.29 is 5.11 Å². The molecule has 1 saturated heterocycles. The number of hydrogen-bond acceptors (Lipinski definition) is 6. The number of piperidine rings is 1. The monoisotopic (exact) mass is 448 g/mol. The van der Waals surface area contributed by atoms with Crippen molar-refractivity contribution >= 4 is 34.3 Å². The zero-order chi connectivity index (χ0) is 22.1. The number of benzene rings is 2. The van der Waals surface area contributed by atoms with Crippen LogP contribution in [0.4, 0.5) is 11.8 Å². The lowest BCUT2D eigenvalue weighted by atomic mass is 9.88. The van der Waals surface area contributed by atoms with Crippen LogP contribution in [0.5, 0.6) is 0 Å². The van der Waals surface area contributed by atoms with Crippen molar-refractivity contribution in [1.29, 1.82) is 0 Å². The average molecular weight is 449 g/mol. The van der Waals surface area contributed by atoms with E-state index in [0.29, 0.717) is 11.8 Å². The third-order valence-corrected chi connectivity index (χ3v) is 7.98. The Morgan fingerprint density at radius 1 is 1.09 bits per heavy atom. The Balaban J connectivity index is 1.33. The third-order valence-electron chi connectivity index (χ3n) is 6.86. The van der Waals surface area contributed by atoms with Gasteiger partial charge < -0.3 is 15.3 Å². The Kier molecular flexibility index (Phi) is 6.24. The number of hydrogen-bond donors (Lipinski definition) is 2. The lowest BCUT2D eigenvalue weighted by molar-refractivity contribution is 0.249. The number of thioether (sulfide) groups is 1. The van der Waals surface area contributed by atoms with Crippen LogP contribution in [0.15, 0.2) is 47.4 Å². The number of aromatic nitrogens is 2. The highest BCUT2D eigenvalue weighted by Gasteiger charge is 2.27. The minimum absolute atomic E-state index is 0.00156. The molecule has 2 aliphatic heterocycles. The second-order valence-electron chi connectivity index (χ2n) is 9.29. The zero-order valence-electron chi connectivity index (χ0n) is 18.9. The quantitative estimate of drug-likeness (QED) is 0.548. The summed E-state index contributed by atoms with van der Waals surface area (Å²) in [6.45, 7) is 6.29. The first kappa shape index (κ1) is 21.5. The van der Waals surface area contributed by atoms with Gasteiger partial charge in [-0.15, -0.1) is 11.8 Å². The Labute approximate surface area is 194 Å². The van der Waals surface area contributed by atoms with Crippen LogP contribution in [0.1, 0.15) is 43.9 Å². The van der Waals surface area contributed by atoms with Crippen molar-refractivity contribution in [2.24, 2.45) is 5.92 Å². The molecule has 2 aliphatic rings. The number of aliphatic hydroxyl groups is 1. The molecule has 5 nitrogen and oxygen atoms in total. The highest BCUT2D eigenvalue weighted by atomic mass is 32.2. The number of anilines is 2. The lowest BCUT2D eigenvalue weighted by Gasteiger charge is -2.33. The molecule has 0 saturated carbocycles. The second kappa shape index (κ2) is 9.28. The van der Waals surface area contributed by atoms with E-state index in [1.807, 2.05) is 11.8 Å². The summed E-state index contributed by atoms with van der Waals surface area (Å²) in [6.07, 6.45) is 3.21. The van der Waals surface area contributed by atoms with Crippen LogP contribution >= 0.6 is 11.8 Å². The molecule has 1 fully saturated rings. The van der Waals surface area contributed by atoms with Gasteiger partial charge in [0.15, 0.2) is 0 Å². The summed E-state index contributed by atoms with van der Waals surface area (Å²) >= 11 is 1.82. The summed E-state index contributed by atoms with van der Waals surface area (Å²) in [5.74, 6) is 3.71. The predicted octanol–water partition coefficient (Wildman–Crippen LogP) is 5.09. The SMILES string of the molecule is CC(C)C(CO)Nc1nc(N2CCC(c3ccc4ccccc4c3)CC2)nc2c1SCC2. The highest BCUT2D eigenvalue weighted by Crippen LogP contribution is 2.38. The molecule has 1 aromatic heterocycles. The van der Waals surface area contributed by atoms with Crippen LogP contribution in [0.2, 0.25) is 0 Å². The number of aliphatic hydroxyl groups excluding tert-OH is 1. The van der Waals surface area contributed by atoms with E-state index in [9.17, 15) is 5.11 Å². The molecule has 6 heteroatoms. The molecule has 3 aromatic rings. The largest absolute Gasteiger partial charge is 0.394 e. The van der Waals surface area contributed by atoms with E-state index in [2.05, 4.69) is 66.5 Å². The normalized spacial score (nSPS) is 17.7. The fourth-order valence-corrected chi connectivity index (χ4v) is 5.82. The molecule has 2 N–H and O–H groups in total. The number of nitrogens with zero attached hydrogens (tertiary/aromatic N) is 3.